The molecule has 2 aliphatic rings. The van der Waals surface area contributed by atoms with Crippen molar-refractivity contribution in [2.75, 3.05) is 5.32 Å². The first-order valence-corrected chi connectivity index (χ1v) is 9.72. The van der Waals surface area contributed by atoms with Crippen LogP contribution in [0.3, 0.4) is 0 Å². The van der Waals surface area contributed by atoms with Gasteiger partial charge in [0.1, 0.15) is 6.04 Å². The Kier molecular flexibility index (Phi) is 5.97. The van der Waals surface area contributed by atoms with Crippen LogP contribution in [0.1, 0.15) is 45.1 Å². The van der Waals surface area contributed by atoms with Crippen LogP contribution in [0, 0.1) is 23.2 Å². The molecule has 3 amide bonds. The lowest BCUT2D eigenvalue weighted by Crippen LogP contribution is -2.46. The van der Waals surface area contributed by atoms with Gasteiger partial charge in [0.05, 0.1) is 23.5 Å². The average molecular weight is 397 g/mol. The highest BCUT2D eigenvalue weighted by atomic mass is 16.5. The number of anilines is 1. The molecule has 4 atom stereocenters. The monoisotopic (exact) mass is 397 g/mol. The molecule has 8 heteroatoms. The summed E-state index contributed by atoms with van der Waals surface area (Å²) < 4.78 is 5.20. The number of rotatable bonds is 5. The summed E-state index contributed by atoms with van der Waals surface area (Å²) in [7, 11) is 0. The summed E-state index contributed by atoms with van der Waals surface area (Å²) >= 11 is 0. The molecule has 0 radical (unpaired) electrons. The SMILES string of the molecule is C[C@H](OC(=O)[C@H](C)N1C(=O)[C@H]2CCCC[C@@H]2C1=O)C(=O)Nc1ccc(C#N)cc1. The van der Waals surface area contributed by atoms with E-state index in [9.17, 15) is 19.2 Å². The van der Waals surface area contributed by atoms with E-state index in [1.807, 2.05) is 6.07 Å². The second-order valence-corrected chi connectivity index (χ2v) is 7.48. The van der Waals surface area contributed by atoms with Crippen LogP contribution in [0.2, 0.25) is 0 Å². The van der Waals surface area contributed by atoms with Crippen LogP contribution in [0.4, 0.5) is 5.69 Å². The predicted octanol–water partition coefficient (Wildman–Crippen LogP) is 1.99. The van der Waals surface area contributed by atoms with Crippen LogP contribution in [0.5, 0.6) is 0 Å². The van der Waals surface area contributed by atoms with Gasteiger partial charge in [-0.15, -0.1) is 0 Å². The Hall–Kier alpha value is -3.21. The minimum atomic E-state index is -1.12. The number of fused-ring (bicyclic) bond motifs is 1. The third kappa shape index (κ3) is 4.14. The summed E-state index contributed by atoms with van der Waals surface area (Å²) in [6.07, 6.45) is 2.02. The Balaban J connectivity index is 1.59. The van der Waals surface area contributed by atoms with Crippen LogP contribution < -0.4 is 5.32 Å². The minimum Gasteiger partial charge on any atom is -0.451 e. The van der Waals surface area contributed by atoms with Crippen molar-refractivity contribution in [3.05, 3.63) is 29.8 Å². The third-order valence-electron chi connectivity index (χ3n) is 5.55. The molecule has 1 aliphatic carbocycles. The molecule has 3 rings (SSSR count). The number of hydrogen-bond donors (Lipinski definition) is 1. The first-order valence-electron chi connectivity index (χ1n) is 9.72. The predicted molar refractivity (Wildman–Crippen MR) is 102 cm³/mol. The molecule has 0 bridgehead atoms. The van der Waals surface area contributed by atoms with Gasteiger partial charge in [-0.3, -0.25) is 19.3 Å². The molecular formula is C21H23N3O5. The summed E-state index contributed by atoms with van der Waals surface area (Å²) in [4.78, 5) is 51.0. The van der Waals surface area contributed by atoms with Gasteiger partial charge in [-0.2, -0.15) is 5.26 Å². The number of benzene rings is 1. The summed E-state index contributed by atoms with van der Waals surface area (Å²) in [6, 6.07) is 7.14. The number of likely N-dealkylation sites (tertiary alicyclic amines) is 1. The van der Waals surface area contributed by atoms with Gasteiger partial charge in [0.25, 0.3) is 5.91 Å². The van der Waals surface area contributed by atoms with Crippen molar-refractivity contribution in [1.82, 2.24) is 4.90 Å². The maximum absolute atomic E-state index is 12.6. The molecule has 152 valence electrons. The fourth-order valence-corrected chi connectivity index (χ4v) is 3.87. The normalized spacial score (nSPS) is 23.0. The molecule has 0 aromatic heterocycles. The number of amides is 3. The number of carbonyl (C=O) groups excluding carboxylic acids is 4. The van der Waals surface area contributed by atoms with Crippen LogP contribution in [-0.2, 0) is 23.9 Å². The highest BCUT2D eigenvalue weighted by Gasteiger charge is 2.51. The molecule has 1 saturated carbocycles. The number of nitriles is 1. The maximum Gasteiger partial charge on any atom is 0.329 e. The zero-order chi connectivity index (χ0) is 21.1. The molecule has 1 aliphatic heterocycles. The quantitative estimate of drug-likeness (QED) is 0.600. The van der Waals surface area contributed by atoms with Gasteiger partial charge in [-0.25, -0.2) is 4.79 Å². The summed E-state index contributed by atoms with van der Waals surface area (Å²) in [5.41, 5.74) is 0.913. The van der Waals surface area contributed by atoms with Crippen LogP contribution in [0.25, 0.3) is 0 Å². The fraction of sp³-hybridized carbons (Fsp3) is 0.476. The number of hydrogen-bond acceptors (Lipinski definition) is 6. The van der Waals surface area contributed by atoms with E-state index in [0.717, 1.165) is 17.7 Å². The van der Waals surface area contributed by atoms with Crippen LogP contribution in [-0.4, -0.2) is 40.7 Å². The van der Waals surface area contributed by atoms with Crippen molar-refractivity contribution >= 4 is 29.4 Å². The molecule has 1 N–H and O–H groups in total. The molecule has 2 fully saturated rings. The number of carbonyl (C=O) groups is 4. The summed E-state index contributed by atoms with van der Waals surface area (Å²) in [6.45, 7) is 2.86. The Bertz CT molecular complexity index is 849. The largest absolute Gasteiger partial charge is 0.451 e. The topological polar surface area (TPSA) is 117 Å². The third-order valence-corrected chi connectivity index (χ3v) is 5.55. The summed E-state index contributed by atoms with van der Waals surface area (Å²) in [5.74, 6) is -2.68. The molecule has 1 aromatic rings. The molecule has 1 heterocycles. The molecule has 0 unspecified atom stereocenters. The van der Waals surface area contributed by atoms with E-state index >= 15 is 0 Å². The fourth-order valence-electron chi connectivity index (χ4n) is 3.87. The molecule has 0 spiro atoms. The summed E-state index contributed by atoms with van der Waals surface area (Å²) in [5, 5.41) is 11.4. The van der Waals surface area contributed by atoms with Crippen molar-refractivity contribution in [2.45, 2.75) is 51.7 Å². The van der Waals surface area contributed by atoms with E-state index in [-0.39, 0.29) is 23.7 Å². The van der Waals surface area contributed by atoms with Crippen molar-refractivity contribution in [3.63, 3.8) is 0 Å². The van der Waals surface area contributed by atoms with Crippen molar-refractivity contribution < 1.29 is 23.9 Å². The standard InChI is InChI=1S/C21H23N3O5/c1-12(24-19(26)16-5-3-4-6-17(16)20(24)27)21(28)29-13(2)18(25)23-15-9-7-14(11-22)8-10-15/h7-10,12-13,16-17H,3-6H2,1-2H3,(H,23,25)/t12-,13-,16-,17-/m0/s1. The van der Waals surface area contributed by atoms with E-state index in [2.05, 4.69) is 5.32 Å². The minimum absolute atomic E-state index is 0.321. The lowest BCUT2D eigenvalue weighted by Gasteiger charge is -2.23. The van der Waals surface area contributed by atoms with Crippen LogP contribution in [0.15, 0.2) is 24.3 Å². The van der Waals surface area contributed by atoms with E-state index in [1.54, 1.807) is 24.3 Å². The lowest BCUT2D eigenvalue weighted by molar-refractivity contribution is -0.163. The van der Waals surface area contributed by atoms with Gasteiger partial charge in [-0.05, 0) is 51.0 Å². The van der Waals surface area contributed by atoms with E-state index in [1.165, 1.54) is 13.8 Å². The van der Waals surface area contributed by atoms with E-state index in [4.69, 9.17) is 10.00 Å². The van der Waals surface area contributed by atoms with Gasteiger partial charge in [-0.1, -0.05) is 12.8 Å². The number of imide groups is 1. The molecule has 29 heavy (non-hydrogen) atoms. The van der Waals surface area contributed by atoms with Gasteiger partial charge < -0.3 is 10.1 Å². The lowest BCUT2D eigenvalue weighted by atomic mass is 9.81. The zero-order valence-corrected chi connectivity index (χ0v) is 16.4. The number of esters is 1. The van der Waals surface area contributed by atoms with Gasteiger partial charge in [0.2, 0.25) is 11.8 Å². The number of nitrogens with one attached hydrogen (secondary N) is 1. The van der Waals surface area contributed by atoms with Gasteiger partial charge in [0.15, 0.2) is 6.10 Å². The van der Waals surface area contributed by atoms with Crippen molar-refractivity contribution in [3.8, 4) is 6.07 Å². The van der Waals surface area contributed by atoms with Crippen molar-refractivity contribution in [1.29, 1.82) is 5.26 Å². The molecule has 1 saturated heterocycles. The first kappa shape index (κ1) is 20.5. The Morgan fingerprint density at radius 3 is 2.17 bits per heavy atom. The maximum atomic E-state index is 12.6. The van der Waals surface area contributed by atoms with E-state index in [0.29, 0.717) is 24.1 Å². The zero-order valence-electron chi connectivity index (χ0n) is 16.4. The highest BCUT2D eigenvalue weighted by molar-refractivity contribution is 6.08. The van der Waals surface area contributed by atoms with E-state index < -0.39 is 24.0 Å². The molecular weight excluding hydrogens is 374 g/mol. The number of ether oxygens (including phenoxy) is 1. The van der Waals surface area contributed by atoms with Gasteiger partial charge in [0, 0.05) is 5.69 Å². The highest BCUT2D eigenvalue weighted by Crippen LogP contribution is 2.38. The molecule has 8 nitrogen and oxygen atoms in total. The number of nitrogens with zero attached hydrogens (tertiary/aromatic N) is 2. The average Bonchev–Trinajstić information content (AvgIpc) is 2.98. The first-order chi connectivity index (χ1) is 13.8. The molecule has 1 aromatic carbocycles. The van der Waals surface area contributed by atoms with Gasteiger partial charge >= 0.3 is 5.97 Å². The smallest absolute Gasteiger partial charge is 0.329 e. The second kappa shape index (κ2) is 8.43. The Morgan fingerprint density at radius 2 is 1.66 bits per heavy atom. The Labute approximate surface area is 168 Å². The Morgan fingerprint density at radius 1 is 1.10 bits per heavy atom. The second-order valence-electron chi connectivity index (χ2n) is 7.48. The van der Waals surface area contributed by atoms with Crippen molar-refractivity contribution in [2.24, 2.45) is 11.8 Å². The van der Waals surface area contributed by atoms with Crippen LogP contribution >= 0.6 is 0 Å².